The molecule has 0 saturated heterocycles. The number of thiazole rings is 1. The van der Waals surface area contributed by atoms with Gasteiger partial charge >= 0.3 is 0 Å². The maximum atomic E-state index is 13.4. The Morgan fingerprint density at radius 2 is 2.04 bits per heavy atom. The highest BCUT2D eigenvalue weighted by Crippen LogP contribution is 2.26. The number of benzene rings is 2. The Morgan fingerprint density at radius 1 is 1.29 bits per heavy atom. The molecule has 2 aromatic carbocycles. The smallest absolute Gasteiger partial charge is 0.229 e. The summed E-state index contributed by atoms with van der Waals surface area (Å²) in [6, 6.07) is 15.6. The van der Waals surface area contributed by atoms with Crippen molar-refractivity contribution in [2.45, 2.75) is 26.3 Å². The predicted molar refractivity (Wildman–Crippen MR) is 108 cm³/mol. The van der Waals surface area contributed by atoms with Crippen LogP contribution < -0.4 is 0 Å². The number of nitriles is 1. The summed E-state index contributed by atoms with van der Waals surface area (Å²) in [6.45, 7) is 4.49. The van der Waals surface area contributed by atoms with Crippen LogP contribution in [0, 0.1) is 17.1 Å². The summed E-state index contributed by atoms with van der Waals surface area (Å²) < 4.78 is 13.4. The Morgan fingerprint density at radius 3 is 2.68 bits per heavy atom. The third kappa shape index (κ3) is 4.44. The minimum Gasteiger partial charge on any atom is -0.336 e. The molecule has 0 saturated carbocycles. The van der Waals surface area contributed by atoms with Gasteiger partial charge in [-0.2, -0.15) is 5.26 Å². The SMILES string of the molecule is CCN(C(=O)Cc1csc(-c2cccc(F)c2)n1)C(C)c1ccc(C#N)cc1. The second-order valence-electron chi connectivity index (χ2n) is 6.42. The van der Waals surface area contributed by atoms with E-state index in [9.17, 15) is 9.18 Å². The highest BCUT2D eigenvalue weighted by atomic mass is 32.1. The van der Waals surface area contributed by atoms with Crippen LogP contribution in [0.5, 0.6) is 0 Å². The Labute approximate surface area is 167 Å². The number of carbonyl (C=O) groups is 1. The molecule has 0 aliphatic rings. The van der Waals surface area contributed by atoms with E-state index in [2.05, 4.69) is 11.1 Å². The fraction of sp³-hybridized carbons (Fsp3) is 0.227. The minimum atomic E-state index is -0.307. The largest absolute Gasteiger partial charge is 0.336 e. The van der Waals surface area contributed by atoms with Crippen LogP contribution in [-0.4, -0.2) is 22.3 Å². The number of nitrogens with zero attached hydrogens (tertiary/aromatic N) is 3. The van der Waals surface area contributed by atoms with Gasteiger partial charge < -0.3 is 4.90 Å². The van der Waals surface area contributed by atoms with Crippen LogP contribution >= 0.6 is 11.3 Å². The molecule has 0 bridgehead atoms. The average molecular weight is 393 g/mol. The fourth-order valence-electron chi connectivity index (χ4n) is 3.08. The summed E-state index contributed by atoms with van der Waals surface area (Å²) >= 11 is 1.40. The molecule has 28 heavy (non-hydrogen) atoms. The number of likely N-dealkylation sites (N-methyl/N-ethyl adjacent to an activating group) is 1. The predicted octanol–water partition coefficient (Wildman–Crippen LogP) is 4.97. The van der Waals surface area contributed by atoms with Crippen molar-refractivity contribution >= 4 is 17.2 Å². The average Bonchev–Trinajstić information content (AvgIpc) is 3.17. The van der Waals surface area contributed by atoms with Crippen LogP contribution in [0.2, 0.25) is 0 Å². The van der Waals surface area contributed by atoms with Gasteiger partial charge in [-0.05, 0) is 43.7 Å². The molecule has 1 amide bonds. The van der Waals surface area contributed by atoms with Crippen molar-refractivity contribution in [1.29, 1.82) is 5.26 Å². The van der Waals surface area contributed by atoms with E-state index in [0.717, 1.165) is 5.56 Å². The van der Waals surface area contributed by atoms with E-state index in [0.29, 0.717) is 28.4 Å². The first-order valence-corrected chi connectivity index (χ1v) is 9.89. The number of carbonyl (C=O) groups excluding carboxylic acids is 1. The lowest BCUT2D eigenvalue weighted by Crippen LogP contribution is -2.34. The van der Waals surface area contributed by atoms with Crippen LogP contribution in [0.4, 0.5) is 4.39 Å². The zero-order chi connectivity index (χ0) is 20.1. The van der Waals surface area contributed by atoms with Crippen molar-refractivity contribution in [3.8, 4) is 16.6 Å². The number of aromatic nitrogens is 1. The molecule has 1 heterocycles. The van der Waals surface area contributed by atoms with Gasteiger partial charge in [0.15, 0.2) is 0 Å². The van der Waals surface area contributed by atoms with Gasteiger partial charge in [-0.1, -0.05) is 24.3 Å². The van der Waals surface area contributed by atoms with Gasteiger partial charge in [-0.3, -0.25) is 4.79 Å². The molecule has 142 valence electrons. The lowest BCUT2D eigenvalue weighted by atomic mass is 10.0. The van der Waals surface area contributed by atoms with Gasteiger partial charge in [0.05, 0.1) is 29.8 Å². The Hall–Kier alpha value is -3.04. The highest BCUT2D eigenvalue weighted by Gasteiger charge is 2.21. The summed E-state index contributed by atoms with van der Waals surface area (Å²) in [4.78, 5) is 19.2. The van der Waals surface area contributed by atoms with Crippen molar-refractivity contribution in [3.63, 3.8) is 0 Å². The van der Waals surface area contributed by atoms with E-state index in [1.54, 1.807) is 29.2 Å². The van der Waals surface area contributed by atoms with Gasteiger partial charge in [-0.25, -0.2) is 9.37 Å². The Balaban J connectivity index is 1.72. The van der Waals surface area contributed by atoms with E-state index in [4.69, 9.17) is 5.26 Å². The molecule has 0 spiro atoms. The van der Waals surface area contributed by atoms with Crippen molar-refractivity contribution in [2.24, 2.45) is 0 Å². The van der Waals surface area contributed by atoms with Crippen molar-refractivity contribution in [3.05, 3.63) is 76.5 Å². The van der Waals surface area contributed by atoms with E-state index < -0.39 is 0 Å². The first-order valence-electron chi connectivity index (χ1n) is 9.01. The van der Waals surface area contributed by atoms with E-state index in [1.807, 2.05) is 31.4 Å². The maximum absolute atomic E-state index is 13.4. The molecule has 4 nitrogen and oxygen atoms in total. The number of hydrogen-bond acceptors (Lipinski definition) is 4. The van der Waals surface area contributed by atoms with Crippen LogP contribution in [0.1, 0.15) is 36.7 Å². The summed E-state index contributed by atoms with van der Waals surface area (Å²) in [5.41, 5.74) is 2.97. The fourth-order valence-corrected chi connectivity index (χ4v) is 3.90. The zero-order valence-electron chi connectivity index (χ0n) is 15.7. The van der Waals surface area contributed by atoms with Crippen molar-refractivity contribution < 1.29 is 9.18 Å². The molecule has 0 aliphatic carbocycles. The van der Waals surface area contributed by atoms with E-state index in [-0.39, 0.29) is 24.2 Å². The number of halogens is 1. The second kappa shape index (κ2) is 8.77. The van der Waals surface area contributed by atoms with Crippen LogP contribution in [-0.2, 0) is 11.2 Å². The first kappa shape index (κ1) is 19.7. The standard InChI is InChI=1S/C22H20FN3OS/c1-3-26(15(2)17-9-7-16(13-24)8-10-17)21(27)12-20-14-28-22(25-20)18-5-4-6-19(23)11-18/h4-11,14-15H,3,12H2,1-2H3. The lowest BCUT2D eigenvalue weighted by Gasteiger charge is -2.28. The molecular formula is C22H20FN3OS. The highest BCUT2D eigenvalue weighted by molar-refractivity contribution is 7.13. The quantitative estimate of drug-likeness (QED) is 0.594. The molecule has 0 fully saturated rings. The Bertz CT molecular complexity index is 1010. The normalized spacial score (nSPS) is 11.6. The maximum Gasteiger partial charge on any atom is 0.229 e. The van der Waals surface area contributed by atoms with Crippen molar-refractivity contribution in [2.75, 3.05) is 6.54 Å². The molecule has 3 rings (SSSR count). The third-order valence-electron chi connectivity index (χ3n) is 4.61. The molecule has 6 heteroatoms. The van der Waals surface area contributed by atoms with E-state index >= 15 is 0 Å². The molecule has 1 unspecified atom stereocenters. The monoisotopic (exact) mass is 393 g/mol. The molecule has 0 N–H and O–H groups in total. The van der Waals surface area contributed by atoms with Gasteiger partial charge in [0.1, 0.15) is 10.8 Å². The summed E-state index contributed by atoms with van der Waals surface area (Å²) in [7, 11) is 0. The number of hydrogen-bond donors (Lipinski definition) is 0. The minimum absolute atomic E-state index is 0.0181. The summed E-state index contributed by atoms with van der Waals surface area (Å²) in [6.07, 6.45) is 0.195. The molecule has 0 aliphatic heterocycles. The van der Waals surface area contributed by atoms with Gasteiger partial charge in [0.25, 0.3) is 0 Å². The topological polar surface area (TPSA) is 57.0 Å². The molecule has 3 aromatic rings. The lowest BCUT2D eigenvalue weighted by molar-refractivity contribution is -0.132. The summed E-state index contributed by atoms with van der Waals surface area (Å²) in [5, 5.41) is 11.5. The summed E-state index contributed by atoms with van der Waals surface area (Å²) in [5.74, 6) is -0.325. The van der Waals surface area contributed by atoms with E-state index in [1.165, 1.54) is 23.5 Å². The molecule has 1 aromatic heterocycles. The molecular weight excluding hydrogens is 373 g/mol. The van der Waals surface area contributed by atoms with Crippen LogP contribution in [0.3, 0.4) is 0 Å². The van der Waals surface area contributed by atoms with Crippen molar-refractivity contribution in [1.82, 2.24) is 9.88 Å². The first-order chi connectivity index (χ1) is 13.5. The third-order valence-corrected chi connectivity index (χ3v) is 5.55. The molecule has 0 radical (unpaired) electrons. The second-order valence-corrected chi connectivity index (χ2v) is 7.28. The zero-order valence-corrected chi connectivity index (χ0v) is 16.5. The van der Waals surface area contributed by atoms with Gasteiger partial charge in [-0.15, -0.1) is 11.3 Å². The van der Waals surface area contributed by atoms with Crippen LogP contribution in [0.25, 0.3) is 10.6 Å². The van der Waals surface area contributed by atoms with Gasteiger partial charge in [0.2, 0.25) is 5.91 Å². The number of amides is 1. The number of rotatable bonds is 6. The van der Waals surface area contributed by atoms with Gasteiger partial charge in [0, 0.05) is 17.5 Å². The molecule has 1 atom stereocenters. The van der Waals surface area contributed by atoms with Crippen LogP contribution in [0.15, 0.2) is 53.9 Å². The Kier molecular flexibility index (Phi) is 6.17.